The number of nitrogens with two attached hydrogens (primary N) is 1. The standard InChI is InChI=1S/C23H31N7O7/c1-12-20(34)30-15(6-3-7-17(24)25)22(36)27-11-18(31)29-16(9-19(32)33)23(37)26-10-13-4-2-5-14(8-13)21(35)28-12/h2,4-5,8,12,15-16H,3,6-7,9-11H2,1H3,(H3,24,25)(H,26,37)(H,27,36)(H,28,35)(H,29,31)(H,30,34)(H,32,33)/t12-,15+,16+/m1/s1. The number of carbonyl (C=O) groups excluding carboxylic acids is 5. The molecule has 2 rings (SSSR count). The fraction of sp³-hybridized carbons (Fsp3) is 0.435. The monoisotopic (exact) mass is 517 g/mol. The van der Waals surface area contributed by atoms with Crippen LogP contribution in [-0.4, -0.2) is 71.1 Å². The van der Waals surface area contributed by atoms with Crippen molar-refractivity contribution < 1.29 is 33.9 Å². The van der Waals surface area contributed by atoms with Gasteiger partial charge in [0, 0.05) is 18.5 Å². The quantitative estimate of drug-likeness (QED) is 0.156. The lowest BCUT2D eigenvalue weighted by Crippen LogP contribution is -2.55. The van der Waals surface area contributed by atoms with Crippen LogP contribution in [0.15, 0.2) is 24.3 Å². The van der Waals surface area contributed by atoms with Crippen LogP contribution in [0, 0.1) is 5.41 Å². The molecule has 0 aliphatic carbocycles. The summed E-state index contributed by atoms with van der Waals surface area (Å²) in [7, 11) is 0. The highest BCUT2D eigenvalue weighted by molar-refractivity contribution is 5.99. The molecule has 200 valence electrons. The minimum atomic E-state index is -1.42. The second kappa shape index (κ2) is 13.6. The third kappa shape index (κ3) is 9.58. The van der Waals surface area contributed by atoms with Gasteiger partial charge >= 0.3 is 5.97 Å². The topological polar surface area (TPSA) is 233 Å². The molecule has 37 heavy (non-hydrogen) atoms. The van der Waals surface area contributed by atoms with E-state index in [1.165, 1.54) is 19.1 Å². The number of amides is 5. The van der Waals surface area contributed by atoms with E-state index in [9.17, 15) is 28.8 Å². The van der Waals surface area contributed by atoms with E-state index < -0.39 is 66.6 Å². The van der Waals surface area contributed by atoms with E-state index >= 15 is 0 Å². The number of fused-ring (bicyclic) bond motifs is 2. The van der Waals surface area contributed by atoms with Gasteiger partial charge < -0.3 is 37.4 Å². The van der Waals surface area contributed by atoms with Crippen LogP contribution in [0.1, 0.15) is 48.5 Å². The van der Waals surface area contributed by atoms with Crippen molar-refractivity contribution in [3.8, 4) is 0 Å². The molecule has 0 aromatic heterocycles. The highest BCUT2D eigenvalue weighted by Gasteiger charge is 2.27. The van der Waals surface area contributed by atoms with Gasteiger partial charge in [0.05, 0.1) is 18.8 Å². The third-order valence-corrected chi connectivity index (χ3v) is 5.42. The minimum Gasteiger partial charge on any atom is -0.481 e. The molecule has 1 aromatic carbocycles. The van der Waals surface area contributed by atoms with Gasteiger partial charge in [-0.05, 0) is 37.5 Å². The number of carboxylic acids is 1. The summed E-state index contributed by atoms with van der Waals surface area (Å²) in [5.74, 6) is -4.94. The molecule has 1 aliphatic rings. The summed E-state index contributed by atoms with van der Waals surface area (Å²) >= 11 is 0. The molecular formula is C23H31N7O7. The second-order valence-corrected chi connectivity index (χ2v) is 8.53. The molecule has 1 aliphatic heterocycles. The Bertz CT molecular complexity index is 1080. The van der Waals surface area contributed by atoms with Crippen LogP contribution < -0.4 is 32.3 Å². The number of aliphatic carboxylic acids is 1. The number of hydrogen-bond donors (Lipinski definition) is 8. The molecule has 5 amide bonds. The van der Waals surface area contributed by atoms with Crippen molar-refractivity contribution in [3.05, 3.63) is 35.4 Å². The van der Waals surface area contributed by atoms with Crippen LogP contribution >= 0.6 is 0 Å². The molecule has 0 unspecified atom stereocenters. The zero-order valence-corrected chi connectivity index (χ0v) is 20.3. The Labute approximate surface area is 212 Å². The fourth-order valence-corrected chi connectivity index (χ4v) is 3.46. The van der Waals surface area contributed by atoms with Crippen molar-refractivity contribution in [1.82, 2.24) is 26.6 Å². The first kappa shape index (κ1) is 28.7. The van der Waals surface area contributed by atoms with E-state index in [1.807, 2.05) is 0 Å². The van der Waals surface area contributed by atoms with Crippen LogP contribution in [0.3, 0.4) is 0 Å². The van der Waals surface area contributed by atoms with Crippen molar-refractivity contribution in [2.75, 3.05) is 6.54 Å². The van der Waals surface area contributed by atoms with E-state index in [2.05, 4.69) is 26.6 Å². The normalized spacial score (nSPS) is 21.8. The molecule has 14 nitrogen and oxygen atoms in total. The van der Waals surface area contributed by atoms with Crippen molar-refractivity contribution in [3.63, 3.8) is 0 Å². The summed E-state index contributed by atoms with van der Waals surface area (Å²) in [6.07, 6.45) is -0.149. The molecule has 0 spiro atoms. The number of hydrogen-bond acceptors (Lipinski definition) is 7. The lowest BCUT2D eigenvalue weighted by Gasteiger charge is -2.22. The number of carboxylic acid groups (broad SMARTS) is 1. The van der Waals surface area contributed by atoms with Gasteiger partial charge in [-0.15, -0.1) is 0 Å². The summed E-state index contributed by atoms with van der Waals surface area (Å²) in [6, 6.07) is 2.67. The molecule has 3 atom stereocenters. The molecular weight excluding hydrogens is 486 g/mol. The highest BCUT2D eigenvalue weighted by atomic mass is 16.4. The van der Waals surface area contributed by atoms with Gasteiger partial charge in [0.15, 0.2) is 0 Å². The van der Waals surface area contributed by atoms with Crippen LogP contribution in [0.5, 0.6) is 0 Å². The van der Waals surface area contributed by atoms with Crippen molar-refractivity contribution in [2.24, 2.45) is 5.73 Å². The summed E-state index contributed by atoms with van der Waals surface area (Å²) in [5, 5.41) is 28.7. The molecule has 0 fully saturated rings. The number of benzene rings is 1. The average molecular weight is 518 g/mol. The Morgan fingerprint density at radius 1 is 1.00 bits per heavy atom. The lowest BCUT2D eigenvalue weighted by atomic mass is 10.1. The lowest BCUT2D eigenvalue weighted by molar-refractivity contribution is -0.140. The predicted molar refractivity (Wildman–Crippen MR) is 130 cm³/mol. The average Bonchev–Trinajstić information content (AvgIpc) is 2.83. The largest absolute Gasteiger partial charge is 0.481 e. The maximum Gasteiger partial charge on any atom is 0.305 e. The van der Waals surface area contributed by atoms with E-state index in [1.54, 1.807) is 12.1 Å². The number of amidine groups is 1. The molecule has 9 N–H and O–H groups in total. The Morgan fingerprint density at radius 3 is 2.35 bits per heavy atom. The maximum atomic E-state index is 12.7. The fourth-order valence-electron chi connectivity index (χ4n) is 3.46. The predicted octanol–water partition coefficient (Wildman–Crippen LogP) is -1.90. The zero-order chi connectivity index (χ0) is 27.5. The van der Waals surface area contributed by atoms with Crippen LogP contribution in [0.2, 0.25) is 0 Å². The minimum absolute atomic E-state index is 0.0549. The van der Waals surface area contributed by atoms with E-state index in [4.69, 9.17) is 16.2 Å². The van der Waals surface area contributed by atoms with Crippen LogP contribution in [0.25, 0.3) is 0 Å². The number of carbonyl (C=O) groups is 6. The number of nitrogens with one attached hydrogen (secondary N) is 6. The Morgan fingerprint density at radius 2 is 1.68 bits per heavy atom. The molecule has 2 bridgehead atoms. The molecule has 14 heteroatoms. The zero-order valence-electron chi connectivity index (χ0n) is 20.3. The van der Waals surface area contributed by atoms with Crippen molar-refractivity contribution >= 4 is 41.3 Å². The van der Waals surface area contributed by atoms with Gasteiger partial charge in [-0.3, -0.25) is 34.2 Å². The van der Waals surface area contributed by atoms with Crippen LogP contribution in [0.4, 0.5) is 0 Å². The molecule has 0 saturated heterocycles. The molecule has 0 radical (unpaired) electrons. The smallest absolute Gasteiger partial charge is 0.305 e. The summed E-state index contributed by atoms with van der Waals surface area (Å²) in [4.78, 5) is 74.3. The van der Waals surface area contributed by atoms with E-state index in [0.717, 1.165) is 0 Å². The van der Waals surface area contributed by atoms with Crippen LogP contribution in [-0.2, 0) is 30.5 Å². The highest BCUT2D eigenvalue weighted by Crippen LogP contribution is 2.07. The first-order valence-corrected chi connectivity index (χ1v) is 11.6. The second-order valence-electron chi connectivity index (χ2n) is 8.53. The first-order valence-electron chi connectivity index (χ1n) is 11.6. The van der Waals surface area contributed by atoms with E-state index in [0.29, 0.717) is 5.56 Å². The third-order valence-electron chi connectivity index (χ3n) is 5.42. The Kier molecular flexibility index (Phi) is 10.5. The van der Waals surface area contributed by atoms with E-state index in [-0.39, 0.29) is 37.2 Å². The van der Waals surface area contributed by atoms with Gasteiger partial charge in [0.1, 0.15) is 18.1 Å². The van der Waals surface area contributed by atoms with Gasteiger partial charge in [0.25, 0.3) is 5.91 Å². The van der Waals surface area contributed by atoms with Gasteiger partial charge in [-0.1, -0.05) is 12.1 Å². The van der Waals surface area contributed by atoms with Gasteiger partial charge in [-0.25, -0.2) is 0 Å². The SMILES string of the molecule is C[C@H]1NC(=O)c2cccc(c2)CNC(=O)[C@H](CC(=O)O)NC(=O)CNC(=O)[C@H](CCCC(=N)N)NC1=O. The molecule has 1 aromatic rings. The first-order chi connectivity index (χ1) is 17.5. The molecule has 0 saturated carbocycles. The maximum absolute atomic E-state index is 12.7. The van der Waals surface area contributed by atoms with Crippen molar-refractivity contribution in [1.29, 1.82) is 5.41 Å². The Hall–Kier alpha value is -4.49. The summed E-state index contributed by atoms with van der Waals surface area (Å²) in [6.45, 7) is 0.798. The summed E-state index contributed by atoms with van der Waals surface area (Å²) < 4.78 is 0. The Balaban J connectivity index is 2.31. The number of rotatable bonds is 6. The van der Waals surface area contributed by atoms with Crippen molar-refractivity contribution in [2.45, 2.75) is 57.3 Å². The molecule has 1 heterocycles. The van der Waals surface area contributed by atoms with Gasteiger partial charge in [0.2, 0.25) is 23.6 Å². The summed E-state index contributed by atoms with van der Waals surface area (Å²) in [5.41, 5.74) is 6.09. The van der Waals surface area contributed by atoms with Gasteiger partial charge in [-0.2, -0.15) is 0 Å².